The molecule has 1 N–H and O–H groups in total. The van der Waals surface area contributed by atoms with Crippen LogP contribution >= 0.6 is 39.9 Å². The highest BCUT2D eigenvalue weighted by molar-refractivity contribution is 9.10. The lowest BCUT2D eigenvalue weighted by atomic mass is 10.2. The van der Waals surface area contributed by atoms with Gasteiger partial charge < -0.3 is 19.3 Å². The van der Waals surface area contributed by atoms with E-state index in [4.69, 9.17) is 31.5 Å². The number of carboxylic acid groups (broad SMARTS) is 1. The van der Waals surface area contributed by atoms with Crippen molar-refractivity contribution in [2.45, 2.75) is 6.92 Å². The quantitative estimate of drug-likeness (QED) is 0.335. The predicted octanol–water partition coefficient (Wildman–Crippen LogP) is 2.69. The lowest BCUT2D eigenvalue weighted by Gasteiger charge is -2.13. The third-order valence-electron chi connectivity index (χ3n) is 3.36. The minimum absolute atomic E-state index is 0.180. The molecular weight excluding hydrogens is 474 g/mol. The fourth-order valence-electron chi connectivity index (χ4n) is 2.22. The Labute approximate surface area is 178 Å². The average Bonchev–Trinajstić information content (AvgIpc) is 2.87. The molecule has 1 heterocycles. The first-order chi connectivity index (χ1) is 13.3. The number of thiocarbonyl (C=S) groups is 1. The summed E-state index contributed by atoms with van der Waals surface area (Å²) in [5, 5.41) is 8.89. The molecule has 11 heteroatoms. The maximum Gasteiger partial charge on any atom is 0.344 e. The van der Waals surface area contributed by atoms with Gasteiger partial charge >= 0.3 is 11.9 Å². The zero-order valence-electron chi connectivity index (χ0n) is 14.9. The molecule has 150 valence electrons. The Balaban J connectivity index is 2.25. The van der Waals surface area contributed by atoms with E-state index < -0.39 is 24.4 Å². The van der Waals surface area contributed by atoms with Crippen LogP contribution in [0.3, 0.4) is 0 Å². The van der Waals surface area contributed by atoms with Crippen molar-refractivity contribution in [3.8, 4) is 11.5 Å². The second-order valence-electron chi connectivity index (χ2n) is 5.29. The third-order valence-corrected chi connectivity index (χ3v) is 5.32. The molecule has 1 fully saturated rings. The van der Waals surface area contributed by atoms with Gasteiger partial charge in [0.2, 0.25) is 0 Å². The summed E-state index contributed by atoms with van der Waals surface area (Å²) in [4.78, 5) is 36.0. The van der Waals surface area contributed by atoms with Crippen LogP contribution in [-0.2, 0) is 19.1 Å². The average molecular weight is 490 g/mol. The third kappa shape index (κ3) is 5.46. The van der Waals surface area contributed by atoms with Gasteiger partial charge in [-0.15, -0.1) is 0 Å². The second kappa shape index (κ2) is 9.89. The maximum absolute atomic E-state index is 12.4. The number of carboxylic acids is 1. The molecule has 1 aromatic rings. The molecule has 0 atom stereocenters. The minimum Gasteiger partial charge on any atom is -0.493 e. The Morgan fingerprint density at radius 3 is 2.71 bits per heavy atom. The Morgan fingerprint density at radius 1 is 1.39 bits per heavy atom. The first-order valence-electron chi connectivity index (χ1n) is 7.90. The molecule has 1 aromatic carbocycles. The summed E-state index contributed by atoms with van der Waals surface area (Å²) >= 11 is 9.45. The van der Waals surface area contributed by atoms with Gasteiger partial charge in [0.25, 0.3) is 5.91 Å². The van der Waals surface area contributed by atoms with E-state index in [1.165, 1.54) is 7.11 Å². The number of thioether (sulfide) groups is 1. The number of rotatable bonds is 8. The summed E-state index contributed by atoms with van der Waals surface area (Å²) in [6.07, 6.45) is 1.57. The molecule has 0 saturated carbocycles. The molecule has 2 rings (SSSR count). The number of ether oxygens (including phenoxy) is 3. The van der Waals surface area contributed by atoms with Gasteiger partial charge in [-0.1, -0.05) is 24.0 Å². The Kier molecular flexibility index (Phi) is 7.84. The zero-order valence-corrected chi connectivity index (χ0v) is 18.1. The van der Waals surface area contributed by atoms with E-state index in [-0.39, 0.29) is 17.5 Å². The Bertz CT molecular complexity index is 856. The molecule has 28 heavy (non-hydrogen) atoms. The van der Waals surface area contributed by atoms with Crippen LogP contribution in [0.5, 0.6) is 11.5 Å². The largest absolute Gasteiger partial charge is 0.493 e. The van der Waals surface area contributed by atoms with Crippen LogP contribution in [0.25, 0.3) is 6.08 Å². The molecule has 0 aliphatic carbocycles. The van der Waals surface area contributed by atoms with Crippen LogP contribution in [0, 0.1) is 0 Å². The number of halogens is 1. The molecule has 0 bridgehead atoms. The van der Waals surface area contributed by atoms with E-state index in [9.17, 15) is 14.4 Å². The number of benzene rings is 1. The summed E-state index contributed by atoms with van der Waals surface area (Å²) in [5.41, 5.74) is 0.600. The van der Waals surface area contributed by atoms with Crippen molar-refractivity contribution >= 4 is 68.2 Å². The lowest BCUT2D eigenvalue weighted by Crippen LogP contribution is -2.33. The molecule has 0 aromatic heterocycles. The van der Waals surface area contributed by atoms with E-state index >= 15 is 0 Å². The van der Waals surface area contributed by atoms with Gasteiger partial charge in [-0.3, -0.25) is 14.5 Å². The molecule has 0 radical (unpaired) electrons. The fraction of sp³-hybridized carbons (Fsp3) is 0.294. The van der Waals surface area contributed by atoms with Crippen LogP contribution in [0.4, 0.5) is 0 Å². The number of aliphatic carboxylic acids is 1. The lowest BCUT2D eigenvalue weighted by molar-refractivity contribution is -0.145. The molecule has 0 unspecified atom stereocenters. The van der Waals surface area contributed by atoms with Gasteiger partial charge in [0, 0.05) is 0 Å². The van der Waals surface area contributed by atoms with Crippen molar-refractivity contribution in [2.75, 3.05) is 26.9 Å². The monoisotopic (exact) mass is 489 g/mol. The SMILES string of the molecule is CCOC(=O)COc1c(Br)cc(/C=C2\SC(=S)N(CC(=O)O)C2=O)cc1OC. The second-order valence-corrected chi connectivity index (χ2v) is 7.82. The van der Waals surface area contributed by atoms with Crippen molar-refractivity contribution in [1.82, 2.24) is 4.90 Å². The number of hydrogen-bond donors (Lipinski definition) is 1. The van der Waals surface area contributed by atoms with E-state index in [0.717, 1.165) is 16.7 Å². The first kappa shape index (κ1) is 22.2. The van der Waals surface area contributed by atoms with Crippen LogP contribution < -0.4 is 9.47 Å². The van der Waals surface area contributed by atoms with Crippen molar-refractivity contribution in [2.24, 2.45) is 0 Å². The van der Waals surface area contributed by atoms with E-state index in [2.05, 4.69) is 15.9 Å². The van der Waals surface area contributed by atoms with Crippen molar-refractivity contribution < 1.29 is 33.7 Å². The topological polar surface area (TPSA) is 102 Å². The number of amides is 1. The standard InChI is InChI=1S/C17H16BrNO7S2/c1-3-25-14(22)8-26-15-10(18)4-9(5-11(15)24-2)6-12-16(23)19(7-13(20)21)17(27)28-12/h4-6H,3,7-8H2,1-2H3,(H,20,21)/b12-6-. The van der Waals surface area contributed by atoms with Gasteiger partial charge in [0.1, 0.15) is 10.9 Å². The van der Waals surface area contributed by atoms with Crippen LogP contribution in [0.1, 0.15) is 12.5 Å². The Morgan fingerprint density at radius 2 is 2.11 bits per heavy atom. The minimum atomic E-state index is -1.15. The van der Waals surface area contributed by atoms with Crippen molar-refractivity contribution in [3.05, 3.63) is 27.1 Å². The molecule has 1 saturated heterocycles. The molecule has 1 aliphatic heterocycles. The zero-order chi connectivity index (χ0) is 20.8. The summed E-state index contributed by atoms with van der Waals surface area (Å²) in [7, 11) is 1.44. The van der Waals surface area contributed by atoms with E-state index in [1.54, 1.807) is 25.1 Å². The summed E-state index contributed by atoms with van der Waals surface area (Å²) in [5.74, 6) is -1.49. The number of carbonyl (C=O) groups is 3. The molecule has 1 aliphatic rings. The summed E-state index contributed by atoms with van der Waals surface area (Å²) in [6.45, 7) is 1.17. The fourth-order valence-corrected chi connectivity index (χ4v) is 4.05. The smallest absolute Gasteiger partial charge is 0.344 e. The van der Waals surface area contributed by atoms with Gasteiger partial charge in [-0.05, 0) is 46.6 Å². The number of esters is 1. The highest BCUT2D eigenvalue weighted by atomic mass is 79.9. The molecule has 1 amide bonds. The number of hydrogen-bond acceptors (Lipinski definition) is 8. The molecule has 0 spiro atoms. The molecular formula is C17H16BrNO7S2. The maximum atomic E-state index is 12.4. The van der Waals surface area contributed by atoms with Crippen LogP contribution in [0.15, 0.2) is 21.5 Å². The van der Waals surface area contributed by atoms with Gasteiger partial charge in [0.15, 0.2) is 18.1 Å². The Hall–Kier alpha value is -2.11. The highest BCUT2D eigenvalue weighted by Crippen LogP contribution is 2.39. The highest BCUT2D eigenvalue weighted by Gasteiger charge is 2.33. The van der Waals surface area contributed by atoms with Gasteiger partial charge in [-0.25, -0.2) is 4.79 Å². The predicted molar refractivity (Wildman–Crippen MR) is 110 cm³/mol. The van der Waals surface area contributed by atoms with Crippen LogP contribution in [-0.4, -0.2) is 59.0 Å². The van der Waals surface area contributed by atoms with E-state index in [1.807, 2.05) is 0 Å². The van der Waals surface area contributed by atoms with Gasteiger partial charge in [-0.2, -0.15) is 0 Å². The van der Waals surface area contributed by atoms with Crippen molar-refractivity contribution in [1.29, 1.82) is 0 Å². The number of nitrogens with zero attached hydrogens (tertiary/aromatic N) is 1. The molecule has 8 nitrogen and oxygen atoms in total. The van der Waals surface area contributed by atoms with E-state index in [0.29, 0.717) is 26.4 Å². The summed E-state index contributed by atoms with van der Waals surface area (Å²) < 4.78 is 16.3. The van der Waals surface area contributed by atoms with Crippen molar-refractivity contribution in [3.63, 3.8) is 0 Å². The van der Waals surface area contributed by atoms with Gasteiger partial charge in [0.05, 0.1) is 23.1 Å². The first-order valence-corrected chi connectivity index (χ1v) is 9.91. The number of carbonyl (C=O) groups excluding carboxylic acids is 2. The summed E-state index contributed by atoms with van der Waals surface area (Å²) in [6, 6.07) is 3.29. The van der Waals surface area contributed by atoms with Crippen LogP contribution in [0.2, 0.25) is 0 Å². The normalized spacial score (nSPS) is 15.1. The number of methoxy groups -OCH3 is 1.